The Morgan fingerprint density at radius 3 is 2.38 bits per heavy atom. The van der Waals surface area contributed by atoms with Crippen molar-refractivity contribution < 1.29 is 28.3 Å². The van der Waals surface area contributed by atoms with Gasteiger partial charge in [-0.2, -0.15) is 4.98 Å². The van der Waals surface area contributed by atoms with Gasteiger partial charge in [0.15, 0.2) is 6.61 Å². The number of hydrogen-bond donors (Lipinski definition) is 1. The van der Waals surface area contributed by atoms with Gasteiger partial charge in [-0.25, -0.2) is 4.79 Å². The van der Waals surface area contributed by atoms with Crippen molar-refractivity contribution in [3.05, 3.63) is 60.0 Å². The summed E-state index contributed by atoms with van der Waals surface area (Å²) in [5.74, 6) is 0.590. The predicted molar refractivity (Wildman–Crippen MR) is 124 cm³/mol. The Hall–Kier alpha value is -3.88. The van der Waals surface area contributed by atoms with Gasteiger partial charge in [0.1, 0.15) is 17.5 Å². The Balaban J connectivity index is 1.62. The molecule has 0 saturated heterocycles. The maximum absolute atomic E-state index is 12.7. The Labute approximate surface area is 198 Å². The Bertz CT molecular complexity index is 1090. The first-order valence-corrected chi connectivity index (χ1v) is 11.2. The van der Waals surface area contributed by atoms with Crippen molar-refractivity contribution in [3.63, 3.8) is 0 Å². The summed E-state index contributed by atoms with van der Waals surface area (Å²) in [6, 6.07) is 13.2. The number of amides is 1. The molecule has 0 spiro atoms. The highest BCUT2D eigenvalue weighted by atomic mass is 16.6. The molecule has 0 aliphatic rings. The second-order valence-corrected chi connectivity index (χ2v) is 7.70. The van der Waals surface area contributed by atoms with E-state index in [9.17, 15) is 9.59 Å². The number of carbonyl (C=O) groups excluding carboxylic acids is 2. The Morgan fingerprint density at radius 2 is 1.71 bits per heavy atom. The van der Waals surface area contributed by atoms with Gasteiger partial charge < -0.3 is 24.1 Å². The van der Waals surface area contributed by atoms with Crippen LogP contribution in [-0.2, 0) is 16.1 Å². The number of ether oxygens (including phenoxy) is 3. The molecule has 1 heterocycles. The summed E-state index contributed by atoms with van der Waals surface area (Å²) in [6.45, 7) is 8.22. The van der Waals surface area contributed by atoms with Crippen molar-refractivity contribution in [2.45, 2.75) is 40.3 Å². The minimum absolute atomic E-state index is 0.134. The lowest BCUT2D eigenvalue weighted by Crippen LogP contribution is -2.45. The molecule has 0 saturated carbocycles. The minimum atomic E-state index is -0.847. The standard InChI is InChI=1S/C25H29N3O6/c1-5-31-18-13-11-17(12-14-18)24(29)27-22(16(3)4)25(30)33-15-21-26-23(28-34-21)19-9-7-8-10-20(19)32-6-2/h7-14,16,22H,5-6,15H2,1-4H3,(H,27,29)/t22-/m0/s1. The summed E-state index contributed by atoms with van der Waals surface area (Å²) in [7, 11) is 0. The van der Waals surface area contributed by atoms with E-state index in [1.54, 1.807) is 24.3 Å². The lowest BCUT2D eigenvalue weighted by Gasteiger charge is -2.20. The maximum atomic E-state index is 12.7. The highest BCUT2D eigenvalue weighted by Crippen LogP contribution is 2.27. The van der Waals surface area contributed by atoms with Crippen molar-refractivity contribution >= 4 is 11.9 Å². The van der Waals surface area contributed by atoms with Crippen LogP contribution >= 0.6 is 0 Å². The number of para-hydroxylation sites is 1. The summed E-state index contributed by atoms with van der Waals surface area (Å²) < 4.78 is 21.6. The lowest BCUT2D eigenvalue weighted by molar-refractivity contribution is -0.149. The molecule has 0 unspecified atom stereocenters. The summed E-state index contributed by atoms with van der Waals surface area (Å²) in [6.07, 6.45) is 0. The van der Waals surface area contributed by atoms with Crippen LogP contribution in [0.5, 0.6) is 11.5 Å². The molecule has 1 aromatic heterocycles. The molecule has 1 atom stereocenters. The molecule has 9 nitrogen and oxygen atoms in total. The average Bonchev–Trinajstić information content (AvgIpc) is 3.31. The molecule has 3 rings (SSSR count). The van der Waals surface area contributed by atoms with Crippen molar-refractivity contribution in [3.8, 4) is 22.9 Å². The first kappa shape index (κ1) is 24.8. The first-order valence-electron chi connectivity index (χ1n) is 11.2. The summed E-state index contributed by atoms with van der Waals surface area (Å²) in [5.41, 5.74) is 1.09. The molecule has 1 N–H and O–H groups in total. The predicted octanol–water partition coefficient (Wildman–Crippen LogP) is 4.03. The number of hydrogen-bond acceptors (Lipinski definition) is 8. The molecule has 1 amide bonds. The van der Waals surface area contributed by atoms with Crippen molar-refractivity contribution in [1.29, 1.82) is 0 Å². The van der Waals surface area contributed by atoms with E-state index >= 15 is 0 Å². The van der Waals surface area contributed by atoms with Crippen LogP contribution in [0.4, 0.5) is 0 Å². The summed E-state index contributed by atoms with van der Waals surface area (Å²) in [4.78, 5) is 29.7. The third-order valence-corrected chi connectivity index (χ3v) is 4.87. The third-order valence-electron chi connectivity index (χ3n) is 4.87. The molecular formula is C25H29N3O6. The van der Waals surface area contributed by atoms with Gasteiger partial charge in [0.05, 0.1) is 18.8 Å². The minimum Gasteiger partial charge on any atom is -0.494 e. The van der Waals surface area contributed by atoms with Crippen LogP contribution in [-0.4, -0.2) is 41.3 Å². The number of esters is 1. The van der Waals surface area contributed by atoms with Gasteiger partial charge in [0.25, 0.3) is 11.8 Å². The maximum Gasteiger partial charge on any atom is 0.329 e. The highest BCUT2D eigenvalue weighted by molar-refractivity contribution is 5.96. The normalized spacial score (nSPS) is 11.7. The van der Waals surface area contributed by atoms with Crippen molar-refractivity contribution in [2.24, 2.45) is 5.92 Å². The van der Waals surface area contributed by atoms with Crippen molar-refractivity contribution in [2.75, 3.05) is 13.2 Å². The van der Waals surface area contributed by atoms with Gasteiger partial charge in [-0.1, -0.05) is 31.1 Å². The number of benzene rings is 2. The van der Waals surface area contributed by atoms with Crippen LogP contribution in [0.1, 0.15) is 43.9 Å². The smallest absolute Gasteiger partial charge is 0.329 e. The zero-order chi connectivity index (χ0) is 24.5. The third kappa shape index (κ3) is 6.34. The fourth-order valence-corrected chi connectivity index (χ4v) is 3.17. The van der Waals surface area contributed by atoms with E-state index in [2.05, 4.69) is 15.5 Å². The van der Waals surface area contributed by atoms with E-state index < -0.39 is 12.0 Å². The SMILES string of the molecule is CCOc1ccc(C(=O)N[C@H](C(=O)OCc2nc(-c3ccccc3OCC)no2)C(C)C)cc1. The van der Waals surface area contributed by atoms with Gasteiger partial charge in [0.2, 0.25) is 5.82 Å². The van der Waals surface area contributed by atoms with Gasteiger partial charge in [-0.3, -0.25) is 4.79 Å². The van der Waals surface area contributed by atoms with Crippen LogP contribution in [0.15, 0.2) is 53.1 Å². The quantitative estimate of drug-likeness (QED) is 0.421. The first-order chi connectivity index (χ1) is 16.4. The van der Waals surface area contributed by atoms with Crippen LogP contribution in [0, 0.1) is 5.92 Å². The molecule has 0 fully saturated rings. The molecule has 0 aliphatic heterocycles. The zero-order valence-corrected chi connectivity index (χ0v) is 19.7. The monoisotopic (exact) mass is 467 g/mol. The van der Waals surface area contributed by atoms with E-state index in [1.807, 2.05) is 52.0 Å². The number of nitrogens with one attached hydrogen (secondary N) is 1. The Kier molecular flexibility index (Phi) is 8.61. The van der Waals surface area contributed by atoms with Crippen LogP contribution in [0.25, 0.3) is 11.4 Å². The molecule has 2 aromatic carbocycles. The van der Waals surface area contributed by atoms with Gasteiger partial charge in [0, 0.05) is 5.56 Å². The number of rotatable bonds is 11. The summed E-state index contributed by atoms with van der Waals surface area (Å²) in [5, 5.41) is 6.69. The molecule has 0 radical (unpaired) electrons. The zero-order valence-electron chi connectivity index (χ0n) is 19.7. The van der Waals surface area contributed by atoms with Crippen molar-refractivity contribution in [1.82, 2.24) is 15.5 Å². The number of carbonyl (C=O) groups is 2. The fraction of sp³-hybridized carbons (Fsp3) is 0.360. The summed E-state index contributed by atoms with van der Waals surface area (Å²) >= 11 is 0. The molecule has 3 aromatic rings. The van der Waals surface area contributed by atoms with E-state index in [4.69, 9.17) is 18.7 Å². The Morgan fingerprint density at radius 1 is 1.00 bits per heavy atom. The van der Waals surface area contributed by atoms with Crippen LogP contribution in [0.3, 0.4) is 0 Å². The largest absolute Gasteiger partial charge is 0.494 e. The molecule has 34 heavy (non-hydrogen) atoms. The molecular weight excluding hydrogens is 438 g/mol. The van der Waals surface area contributed by atoms with Crippen LogP contribution in [0.2, 0.25) is 0 Å². The van der Waals surface area contributed by atoms with Gasteiger partial charge in [-0.15, -0.1) is 0 Å². The van der Waals surface area contributed by atoms with E-state index in [-0.39, 0.29) is 24.3 Å². The topological polar surface area (TPSA) is 113 Å². The second kappa shape index (κ2) is 11.8. The van der Waals surface area contributed by atoms with E-state index in [1.165, 1.54) is 0 Å². The van der Waals surface area contributed by atoms with E-state index in [0.717, 1.165) is 0 Å². The fourth-order valence-electron chi connectivity index (χ4n) is 3.17. The second-order valence-electron chi connectivity index (χ2n) is 7.70. The van der Waals surface area contributed by atoms with Crippen LogP contribution < -0.4 is 14.8 Å². The molecule has 0 aliphatic carbocycles. The van der Waals surface area contributed by atoms with Gasteiger partial charge >= 0.3 is 5.97 Å². The number of aromatic nitrogens is 2. The molecule has 9 heteroatoms. The molecule has 180 valence electrons. The molecule has 0 bridgehead atoms. The lowest BCUT2D eigenvalue weighted by atomic mass is 10.0. The average molecular weight is 468 g/mol. The van der Waals surface area contributed by atoms with E-state index in [0.29, 0.717) is 41.7 Å². The highest BCUT2D eigenvalue weighted by Gasteiger charge is 2.27. The number of nitrogens with zero attached hydrogens (tertiary/aromatic N) is 2. The van der Waals surface area contributed by atoms with Gasteiger partial charge in [-0.05, 0) is 56.2 Å².